The first-order valence-electron chi connectivity index (χ1n) is 7.30. The van der Waals surface area contributed by atoms with Crippen molar-refractivity contribution < 1.29 is 5.11 Å². The van der Waals surface area contributed by atoms with Crippen LogP contribution in [-0.4, -0.2) is 41.3 Å². The van der Waals surface area contributed by atoms with Crippen molar-refractivity contribution in [2.75, 3.05) is 19.7 Å². The lowest BCUT2D eigenvalue weighted by atomic mass is 9.98. The van der Waals surface area contributed by atoms with Crippen LogP contribution in [0, 0.1) is 5.92 Å². The summed E-state index contributed by atoms with van der Waals surface area (Å²) in [7, 11) is 0. The van der Waals surface area contributed by atoms with E-state index in [4.69, 9.17) is 5.73 Å². The topological polar surface area (TPSA) is 49.5 Å². The van der Waals surface area contributed by atoms with E-state index in [1.807, 2.05) is 0 Å². The normalized spacial score (nSPS) is 40.4. The van der Waals surface area contributed by atoms with Crippen LogP contribution in [0.1, 0.15) is 51.9 Å². The van der Waals surface area contributed by atoms with Crippen molar-refractivity contribution in [2.45, 2.75) is 63.5 Å². The highest BCUT2D eigenvalue weighted by Gasteiger charge is 2.38. The average molecular weight is 240 g/mol. The fourth-order valence-corrected chi connectivity index (χ4v) is 3.54. The summed E-state index contributed by atoms with van der Waals surface area (Å²) in [5.74, 6) is 0.932. The molecule has 1 saturated heterocycles. The standard InChI is InChI=1S/C14H28N2O/c1-2-12-4-3-8-16(9-6-12)13-5-7-14(15,10-13)11-17/h12-13,17H,2-11,15H2,1H3. The van der Waals surface area contributed by atoms with Crippen molar-refractivity contribution in [1.29, 1.82) is 0 Å². The van der Waals surface area contributed by atoms with E-state index in [0.717, 1.165) is 18.8 Å². The van der Waals surface area contributed by atoms with Crippen LogP contribution in [0.5, 0.6) is 0 Å². The highest BCUT2D eigenvalue weighted by molar-refractivity contribution is 4.97. The molecular formula is C14H28N2O. The van der Waals surface area contributed by atoms with Crippen LogP contribution >= 0.6 is 0 Å². The zero-order valence-electron chi connectivity index (χ0n) is 11.2. The molecule has 0 amide bonds. The Morgan fingerprint density at radius 2 is 2.12 bits per heavy atom. The molecule has 3 atom stereocenters. The molecule has 0 aromatic rings. The van der Waals surface area contributed by atoms with E-state index in [1.54, 1.807) is 0 Å². The highest BCUT2D eigenvalue weighted by Crippen LogP contribution is 2.33. The number of hydrogen-bond donors (Lipinski definition) is 2. The van der Waals surface area contributed by atoms with Gasteiger partial charge in [0, 0.05) is 11.6 Å². The van der Waals surface area contributed by atoms with Crippen molar-refractivity contribution in [3.8, 4) is 0 Å². The molecule has 1 aliphatic heterocycles. The molecule has 3 heteroatoms. The van der Waals surface area contributed by atoms with E-state index in [2.05, 4.69) is 11.8 Å². The molecule has 2 rings (SSSR count). The minimum Gasteiger partial charge on any atom is -0.394 e. The van der Waals surface area contributed by atoms with Gasteiger partial charge in [-0.3, -0.25) is 0 Å². The number of aliphatic hydroxyl groups is 1. The van der Waals surface area contributed by atoms with Gasteiger partial charge in [0.05, 0.1) is 6.61 Å². The third kappa shape index (κ3) is 3.21. The van der Waals surface area contributed by atoms with Crippen molar-refractivity contribution in [3.05, 3.63) is 0 Å². The zero-order chi connectivity index (χ0) is 12.3. The predicted molar refractivity (Wildman–Crippen MR) is 70.8 cm³/mol. The Morgan fingerprint density at radius 3 is 2.76 bits per heavy atom. The first kappa shape index (κ1) is 13.3. The largest absolute Gasteiger partial charge is 0.394 e. The van der Waals surface area contributed by atoms with Crippen LogP contribution in [0.4, 0.5) is 0 Å². The number of likely N-dealkylation sites (tertiary alicyclic amines) is 1. The van der Waals surface area contributed by atoms with E-state index in [-0.39, 0.29) is 12.1 Å². The third-order valence-corrected chi connectivity index (χ3v) is 4.91. The Kier molecular flexibility index (Phi) is 4.45. The van der Waals surface area contributed by atoms with Crippen LogP contribution in [0.15, 0.2) is 0 Å². The van der Waals surface area contributed by atoms with Gasteiger partial charge in [0.25, 0.3) is 0 Å². The van der Waals surface area contributed by atoms with Gasteiger partial charge < -0.3 is 15.7 Å². The van der Waals surface area contributed by atoms with Crippen molar-refractivity contribution >= 4 is 0 Å². The molecule has 1 saturated carbocycles. The zero-order valence-corrected chi connectivity index (χ0v) is 11.2. The van der Waals surface area contributed by atoms with Gasteiger partial charge in [-0.1, -0.05) is 13.3 Å². The summed E-state index contributed by atoms with van der Waals surface area (Å²) >= 11 is 0. The van der Waals surface area contributed by atoms with Crippen molar-refractivity contribution in [2.24, 2.45) is 11.7 Å². The summed E-state index contributed by atoms with van der Waals surface area (Å²) < 4.78 is 0. The fourth-order valence-electron chi connectivity index (χ4n) is 3.54. The first-order valence-corrected chi connectivity index (χ1v) is 7.30. The molecule has 100 valence electrons. The Morgan fingerprint density at radius 1 is 1.29 bits per heavy atom. The van der Waals surface area contributed by atoms with Gasteiger partial charge in [-0.25, -0.2) is 0 Å². The minimum absolute atomic E-state index is 0.148. The molecule has 2 fully saturated rings. The summed E-state index contributed by atoms with van der Waals surface area (Å²) in [4.78, 5) is 2.64. The van der Waals surface area contributed by atoms with E-state index in [0.29, 0.717) is 6.04 Å². The molecule has 0 aromatic carbocycles. The summed E-state index contributed by atoms with van der Waals surface area (Å²) in [5.41, 5.74) is 5.88. The minimum atomic E-state index is -0.291. The maximum atomic E-state index is 9.33. The molecule has 3 unspecified atom stereocenters. The second-order valence-electron chi connectivity index (χ2n) is 6.16. The van der Waals surface area contributed by atoms with Gasteiger partial charge in [0.15, 0.2) is 0 Å². The van der Waals surface area contributed by atoms with Crippen LogP contribution in [0.2, 0.25) is 0 Å². The van der Waals surface area contributed by atoms with Gasteiger partial charge in [-0.05, 0) is 57.5 Å². The van der Waals surface area contributed by atoms with E-state index in [1.165, 1.54) is 45.2 Å². The van der Waals surface area contributed by atoms with Gasteiger partial charge >= 0.3 is 0 Å². The summed E-state index contributed by atoms with van der Waals surface area (Å²) in [6, 6.07) is 0.628. The summed E-state index contributed by atoms with van der Waals surface area (Å²) in [6.45, 7) is 4.94. The molecule has 3 nitrogen and oxygen atoms in total. The monoisotopic (exact) mass is 240 g/mol. The lowest BCUT2D eigenvalue weighted by Crippen LogP contribution is -2.43. The first-order chi connectivity index (χ1) is 8.17. The maximum absolute atomic E-state index is 9.33. The van der Waals surface area contributed by atoms with Crippen molar-refractivity contribution in [3.63, 3.8) is 0 Å². The lowest BCUT2D eigenvalue weighted by Gasteiger charge is -2.29. The maximum Gasteiger partial charge on any atom is 0.0611 e. The highest BCUT2D eigenvalue weighted by atomic mass is 16.3. The van der Waals surface area contributed by atoms with Crippen LogP contribution < -0.4 is 5.73 Å². The Labute approximate surface area is 105 Å². The van der Waals surface area contributed by atoms with Gasteiger partial charge in [-0.2, -0.15) is 0 Å². The Hall–Kier alpha value is -0.120. The molecule has 0 radical (unpaired) electrons. The van der Waals surface area contributed by atoms with E-state index < -0.39 is 0 Å². The molecule has 17 heavy (non-hydrogen) atoms. The molecule has 0 spiro atoms. The average Bonchev–Trinajstić information content (AvgIpc) is 2.60. The number of nitrogens with zero attached hydrogens (tertiary/aromatic N) is 1. The number of hydrogen-bond acceptors (Lipinski definition) is 3. The molecule has 1 aliphatic carbocycles. The van der Waals surface area contributed by atoms with E-state index >= 15 is 0 Å². The molecule has 0 aromatic heterocycles. The smallest absolute Gasteiger partial charge is 0.0611 e. The lowest BCUT2D eigenvalue weighted by molar-refractivity contribution is 0.167. The molecular weight excluding hydrogens is 212 g/mol. The molecule has 1 heterocycles. The second kappa shape index (κ2) is 5.68. The van der Waals surface area contributed by atoms with Gasteiger partial charge in [0.2, 0.25) is 0 Å². The van der Waals surface area contributed by atoms with Gasteiger partial charge in [0.1, 0.15) is 0 Å². The second-order valence-corrected chi connectivity index (χ2v) is 6.16. The SMILES string of the molecule is CCC1CCCN(C2CCC(N)(CO)C2)CC1. The third-order valence-electron chi connectivity index (χ3n) is 4.91. The van der Waals surface area contributed by atoms with Crippen LogP contribution in [0.25, 0.3) is 0 Å². The predicted octanol–water partition coefficient (Wildman–Crippen LogP) is 1.74. The van der Waals surface area contributed by atoms with E-state index in [9.17, 15) is 5.11 Å². The van der Waals surface area contributed by atoms with Crippen molar-refractivity contribution in [1.82, 2.24) is 4.90 Å². The van der Waals surface area contributed by atoms with Crippen LogP contribution in [0.3, 0.4) is 0 Å². The molecule has 3 N–H and O–H groups in total. The number of rotatable bonds is 3. The number of nitrogens with two attached hydrogens (primary N) is 1. The van der Waals surface area contributed by atoms with Crippen LogP contribution in [-0.2, 0) is 0 Å². The fraction of sp³-hybridized carbons (Fsp3) is 1.00. The number of aliphatic hydroxyl groups excluding tert-OH is 1. The summed E-state index contributed by atoms with van der Waals surface area (Å²) in [5, 5.41) is 9.33. The Bertz CT molecular complexity index is 246. The molecule has 2 aliphatic rings. The molecule has 0 bridgehead atoms. The Balaban J connectivity index is 1.87. The van der Waals surface area contributed by atoms with Gasteiger partial charge in [-0.15, -0.1) is 0 Å². The summed E-state index contributed by atoms with van der Waals surface area (Å²) in [6.07, 6.45) is 8.56. The quantitative estimate of drug-likeness (QED) is 0.790.